The number of nitrogens with zero attached hydrogens (tertiary/aromatic N) is 4. The van der Waals surface area contributed by atoms with E-state index in [1.807, 2.05) is 24.0 Å². The van der Waals surface area contributed by atoms with Crippen molar-refractivity contribution in [2.45, 2.75) is 32.2 Å². The molecule has 0 spiro atoms. The first kappa shape index (κ1) is 19.1. The lowest BCUT2D eigenvalue weighted by Crippen LogP contribution is -2.51. The van der Waals surface area contributed by atoms with Crippen LogP contribution in [0, 0.1) is 5.82 Å². The number of hydrogen-bond donors (Lipinski definition) is 3. The molecule has 1 aliphatic rings. The number of nitrogens with one attached hydrogen (secondary N) is 3. The standard InChI is InChI=1S/C20H24FN7O/c1-2-22-20(29)28-9-4-3-6-13(28)10-24-19-16(21)12-26-18(27-19)15-11-25-17-14(15)7-5-8-23-17/h5,7-8,11-13H,2-4,6,9-10H2,1H3,(H,22,29)(H,23,25)(H,24,26,27). The first-order valence-corrected chi connectivity index (χ1v) is 9.90. The predicted molar refractivity (Wildman–Crippen MR) is 109 cm³/mol. The molecule has 1 saturated heterocycles. The van der Waals surface area contributed by atoms with E-state index in [2.05, 4.69) is 30.6 Å². The van der Waals surface area contributed by atoms with Crippen LogP contribution in [0.1, 0.15) is 26.2 Å². The van der Waals surface area contributed by atoms with Gasteiger partial charge in [-0.25, -0.2) is 24.1 Å². The van der Waals surface area contributed by atoms with Gasteiger partial charge in [-0.05, 0) is 38.3 Å². The zero-order valence-electron chi connectivity index (χ0n) is 16.3. The summed E-state index contributed by atoms with van der Waals surface area (Å²) in [5, 5.41) is 6.81. The van der Waals surface area contributed by atoms with Crippen LogP contribution in [0.25, 0.3) is 22.4 Å². The number of rotatable bonds is 5. The number of pyridine rings is 1. The molecule has 1 aliphatic heterocycles. The van der Waals surface area contributed by atoms with Gasteiger partial charge in [0.05, 0.1) is 12.2 Å². The van der Waals surface area contributed by atoms with Gasteiger partial charge in [0.2, 0.25) is 0 Å². The number of halogens is 1. The normalized spacial score (nSPS) is 16.8. The summed E-state index contributed by atoms with van der Waals surface area (Å²) in [7, 11) is 0. The highest BCUT2D eigenvalue weighted by Gasteiger charge is 2.26. The number of carbonyl (C=O) groups excluding carboxylic acids is 1. The van der Waals surface area contributed by atoms with Crippen LogP contribution >= 0.6 is 0 Å². The van der Waals surface area contributed by atoms with E-state index in [1.165, 1.54) is 6.20 Å². The van der Waals surface area contributed by atoms with E-state index in [-0.39, 0.29) is 17.9 Å². The molecule has 3 aromatic rings. The number of aromatic amines is 1. The second-order valence-corrected chi connectivity index (χ2v) is 7.05. The number of fused-ring (bicyclic) bond motifs is 1. The molecule has 4 heterocycles. The van der Waals surface area contributed by atoms with Crippen molar-refractivity contribution in [2.24, 2.45) is 0 Å². The van der Waals surface area contributed by atoms with E-state index >= 15 is 0 Å². The third-order valence-electron chi connectivity index (χ3n) is 5.16. The van der Waals surface area contributed by atoms with E-state index < -0.39 is 5.82 Å². The van der Waals surface area contributed by atoms with Crippen LogP contribution in [0.4, 0.5) is 15.0 Å². The summed E-state index contributed by atoms with van der Waals surface area (Å²) in [5.74, 6) is 0.0270. The molecule has 8 nitrogen and oxygen atoms in total. The molecule has 1 unspecified atom stereocenters. The van der Waals surface area contributed by atoms with Crippen LogP contribution in [-0.2, 0) is 0 Å². The monoisotopic (exact) mass is 397 g/mol. The molecule has 0 aliphatic carbocycles. The van der Waals surface area contributed by atoms with Gasteiger partial charge in [0, 0.05) is 43.0 Å². The van der Waals surface area contributed by atoms with Gasteiger partial charge in [0.15, 0.2) is 17.5 Å². The Morgan fingerprint density at radius 2 is 2.28 bits per heavy atom. The first-order valence-electron chi connectivity index (χ1n) is 9.90. The van der Waals surface area contributed by atoms with E-state index in [9.17, 15) is 9.18 Å². The summed E-state index contributed by atoms with van der Waals surface area (Å²) >= 11 is 0. The molecule has 1 fully saturated rings. The Kier molecular flexibility index (Phi) is 5.55. The highest BCUT2D eigenvalue weighted by molar-refractivity contribution is 5.91. The van der Waals surface area contributed by atoms with Gasteiger partial charge in [-0.15, -0.1) is 0 Å². The Morgan fingerprint density at radius 1 is 1.38 bits per heavy atom. The highest BCUT2D eigenvalue weighted by Crippen LogP contribution is 2.26. The van der Waals surface area contributed by atoms with E-state index in [0.29, 0.717) is 25.5 Å². The fraction of sp³-hybridized carbons (Fsp3) is 0.400. The summed E-state index contributed by atoms with van der Waals surface area (Å²) in [4.78, 5) is 30.0. The van der Waals surface area contributed by atoms with Crippen molar-refractivity contribution >= 4 is 22.9 Å². The number of amides is 2. The van der Waals surface area contributed by atoms with Gasteiger partial charge in [0.25, 0.3) is 0 Å². The minimum Gasteiger partial charge on any atom is -0.365 e. The number of aromatic nitrogens is 4. The van der Waals surface area contributed by atoms with Crippen molar-refractivity contribution < 1.29 is 9.18 Å². The van der Waals surface area contributed by atoms with Crippen LogP contribution in [0.5, 0.6) is 0 Å². The molecule has 152 valence electrons. The first-order chi connectivity index (χ1) is 14.2. The topological polar surface area (TPSA) is 98.8 Å². The summed E-state index contributed by atoms with van der Waals surface area (Å²) in [6, 6.07) is 3.67. The number of likely N-dealkylation sites (tertiary alicyclic amines) is 1. The number of urea groups is 1. The van der Waals surface area contributed by atoms with Crippen molar-refractivity contribution in [3.63, 3.8) is 0 Å². The quantitative estimate of drug-likeness (QED) is 0.614. The van der Waals surface area contributed by atoms with Crippen LogP contribution in [0.2, 0.25) is 0 Å². The minimum absolute atomic E-state index is 0.00889. The number of anilines is 1. The molecule has 4 rings (SSSR count). The van der Waals surface area contributed by atoms with Crippen LogP contribution in [-0.4, -0.2) is 56.5 Å². The van der Waals surface area contributed by atoms with Gasteiger partial charge in [-0.1, -0.05) is 0 Å². The number of hydrogen-bond acceptors (Lipinski definition) is 5. The molecule has 0 radical (unpaired) electrons. The largest absolute Gasteiger partial charge is 0.365 e. The Morgan fingerprint density at radius 3 is 3.14 bits per heavy atom. The third kappa shape index (κ3) is 3.98. The van der Waals surface area contributed by atoms with Crippen LogP contribution < -0.4 is 10.6 Å². The molecule has 0 aromatic carbocycles. The van der Waals surface area contributed by atoms with Gasteiger partial charge in [-0.2, -0.15) is 0 Å². The molecular weight excluding hydrogens is 373 g/mol. The average molecular weight is 397 g/mol. The maximum atomic E-state index is 14.4. The molecule has 29 heavy (non-hydrogen) atoms. The van der Waals surface area contributed by atoms with Crippen LogP contribution in [0.15, 0.2) is 30.7 Å². The molecule has 0 bridgehead atoms. The zero-order chi connectivity index (χ0) is 20.2. The molecular formula is C20H24FN7O. The van der Waals surface area contributed by atoms with Gasteiger partial charge in [-0.3, -0.25) is 0 Å². The second-order valence-electron chi connectivity index (χ2n) is 7.05. The fourth-order valence-corrected chi connectivity index (χ4v) is 3.71. The maximum Gasteiger partial charge on any atom is 0.317 e. The average Bonchev–Trinajstić information content (AvgIpc) is 3.18. The van der Waals surface area contributed by atoms with Crippen molar-refractivity contribution in [1.29, 1.82) is 0 Å². The predicted octanol–water partition coefficient (Wildman–Crippen LogP) is 3.15. The number of carbonyl (C=O) groups is 1. The molecule has 3 N–H and O–H groups in total. The van der Waals surface area contributed by atoms with Gasteiger partial charge >= 0.3 is 6.03 Å². The number of piperidine rings is 1. The van der Waals surface area contributed by atoms with Gasteiger partial charge < -0.3 is 20.5 Å². The van der Waals surface area contributed by atoms with Crippen molar-refractivity contribution in [3.05, 3.63) is 36.5 Å². The second kappa shape index (κ2) is 8.42. The SMILES string of the molecule is CCNC(=O)N1CCCCC1CNc1nc(-c2c[nH]c3ncccc23)ncc1F. The summed E-state index contributed by atoms with van der Waals surface area (Å²) in [6.45, 7) is 3.62. The molecule has 9 heteroatoms. The van der Waals surface area contributed by atoms with E-state index in [1.54, 1.807) is 12.4 Å². The Labute approximate surface area is 168 Å². The van der Waals surface area contributed by atoms with Crippen molar-refractivity contribution in [2.75, 3.05) is 25.0 Å². The maximum absolute atomic E-state index is 14.4. The summed E-state index contributed by atoms with van der Waals surface area (Å²) < 4.78 is 14.4. The molecule has 1 atom stereocenters. The van der Waals surface area contributed by atoms with E-state index in [0.717, 1.165) is 35.9 Å². The highest BCUT2D eigenvalue weighted by atomic mass is 19.1. The molecule has 3 aromatic heterocycles. The smallest absolute Gasteiger partial charge is 0.317 e. The van der Waals surface area contributed by atoms with Crippen molar-refractivity contribution in [3.8, 4) is 11.4 Å². The molecule has 2 amide bonds. The lowest BCUT2D eigenvalue weighted by Gasteiger charge is -2.35. The fourth-order valence-electron chi connectivity index (χ4n) is 3.71. The van der Waals surface area contributed by atoms with Crippen molar-refractivity contribution in [1.82, 2.24) is 30.2 Å². The lowest BCUT2D eigenvalue weighted by atomic mass is 10.0. The molecule has 0 saturated carbocycles. The Balaban J connectivity index is 1.53. The minimum atomic E-state index is -0.521. The zero-order valence-corrected chi connectivity index (χ0v) is 16.3. The summed E-state index contributed by atoms with van der Waals surface area (Å²) in [6.07, 6.45) is 7.54. The van der Waals surface area contributed by atoms with E-state index in [4.69, 9.17) is 0 Å². The Bertz CT molecular complexity index is 1010. The lowest BCUT2D eigenvalue weighted by molar-refractivity contribution is 0.156. The van der Waals surface area contributed by atoms with Crippen LogP contribution in [0.3, 0.4) is 0 Å². The Hall–Kier alpha value is -3.23. The number of H-pyrrole nitrogens is 1. The third-order valence-corrected chi connectivity index (χ3v) is 5.16. The summed E-state index contributed by atoms with van der Waals surface area (Å²) in [5.41, 5.74) is 1.49. The van der Waals surface area contributed by atoms with Gasteiger partial charge in [0.1, 0.15) is 5.65 Å².